The summed E-state index contributed by atoms with van der Waals surface area (Å²) in [6.07, 6.45) is 2.17. The smallest absolute Gasteiger partial charge is 0.119 e. The van der Waals surface area contributed by atoms with Crippen LogP contribution in [0.5, 0.6) is 5.75 Å². The molecule has 1 aromatic rings. The van der Waals surface area contributed by atoms with Crippen molar-refractivity contribution in [2.75, 3.05) is 13.2 Å². The molecule has 0 saturated carbocycles. The van der Waals surface area contributed by atoms with Crippen molar-refractivity contribution in [2.24, 2.45) is 0 Å². The van der Waals surface area contributed by atoms with Crippen molar-refractivity contribution in [1.29, 1.82) is 0 Å². The van der Waals surface area contributed by atoms with E-state index in [9.17, 15) is 0 Å². The van der Waals surface area contributed by atoms with Gasteiger partial charge in [0.2, 0.25) is 0 Å². The van der Waals surface area contributed by atoms with Crippen molar-refractivity contribution in [3.63, 3.8) is 0 Å². The van der Waals surface area contributed by atoms with Gasteiger partial charge >= 0.3 is 0 Å². The van der Waals surface area contributed by atoms with Crippen LogP contribution in [0.15, 0.2) is 24.3 Å². The number of hydrogen-bond donors (Lipinski definition) is 1. The maximum atomic E-state index is 5.78. The molecular formula is C18H31NO. The first-order valence-corrected chi connectivity index (χ1v) is 7.73. The fourth-order valence-electron chi connectivity index (χ4n) is 1.93. The fourth-order valence-corrected chi connectivity index (χ4v) is 1.93. The summed E-state index contributed by atoms with van der Waals surface area (Å²) in [6.45, 7) is 15.1. The van der Waals surface area contributed by atoms with E-state index >= 15 is 0 Å². The minimum atomic E-state index is 0.188. The zero-order valence-electron chi connectivity index (χ0n) is 14.0. The van der Waals surface area contributed by atoms with Crippen molar-refractivity contribution in [1.82, 2.24) is 5.32 Å². The number of hydrogen-bond acceptors (Lipinski definition) is 2. The SMILES string of the molecule is CCC(C)(C)c1ccc(OCCCNC(C)(C)C)cc1. The third-order valence-corrected chi connectivity index (χ3v) is 3.76. The van der Waals surface area contributed by atoms with Gasteiger partial charge in [-0.1, -0.05) is 32.9 Å². The molecule has 0 spiro atoms. The molecule has 0 heterocycles. The Kier molecular flexibility index (Phi) is 6.07. The van der Waals surface area contributed by atoms with E-state index in [-0.39, 0.29) is 11.0 Å². The Morgan fingerprint density at radius 3 is 2.10 bits per heavy atom. The molecule has 1 N–H and O–H groups in total. The molecule has 114 valence electrons. The highest BCUT2D eigenvalue weighted by Gasteiger charge is 2.17. The summed E-state index contributed by atoms with van der Waals surface area (Å²) in [5.41, 5.74) is 1.81. The lowest BCUT2D eigenvalue weighted by Crippen LogP contribution is -2.36. The van der Waals surface area contributed by atoms with E-state index in [2.05, 4.69) is 71.1 Å². The molecule has 0 amide bonds. The minimum Gasteiger partial charge on any atom is -0.494 e. The first-order chi connectivity index (χ1) is 9.24. The molecule has 0 atom stereocenters. The lowest BCUT2D eigenvalue weighted by Gasteiger charge is -2.23. The Morgan fingerprint density at radius 2 is 1.60 bits per heavy atom. The number of nitrogens with one attached hydrogen (secondary N) is 1. The summed E-state index contributed by atoms with van der Waals surface area (Å²) < 4.78 is 5.78. The first kappa shape index (κ1) is 17.0. The zero-order chi connectivity index (χ0) is 15.2. The molecule has 1 rings (SSSR count). The second-order valence-corrected chi connectivity index (χ2v) is 7.14. The molecule has 0 saturated heterocycles. The van der Waals surface area contributed by atoms with Gasteiger partial charge < -0.3 is 10.1 Å². The standard InChI is InChI=1S/C18H31NO/c1-7-18(5,6)15-9-11-16(12-10-15)20-14-8-13-19-17(2,3)4/h9-12,19H,7-8,13-14H2,1-6H3. The predicted molar refractivity (Wildman–Crippen MR) is 87.6 cm³/mol. The molecule has 20 heavy (non-hydrogen) atoms. The summed E-state index contributed by atoms with van der Waals surface area (Å²) in [7, 11) is 0. The molecule has 0 fully saturated rings. The van der Waals surface area contributed by atoms with Crippen LogP contribution in [0.2, 0.25) is 0 Å². The maximum absolute atomic E-state index is 5.78. The summed E-state index contributed by atoms with van der Waals surface area (Å²) in [6, 6.07) is 8.55. The topological polar surface area (TPSA) is 21.3 Å². The van der Waals surface area contributed by atoms with E-state index in [4.69, 9.17) is 4.74 Å². The molecule has 2 heteroatoms. The third-order valence-electron chi connectivity index (χ3n) is 3.76. The monoisotopic (exact) mass is 277 g/mol. The van der Waals surface area contributed by atoms with Gasteiger partial charge in [-0.25, -0.2) is 0 Å². The van der Waals surface area contributed by atoms with Gasteiger partial charge in [0.25, 0.3) is 0 Å². The largest absolute Gasteiger partial charge is 0.494 e. The Labute approximate surface area is 124 Å². The van der Waals surface area contributed by atoms with Gasteiger partial charge in [-0.15, -0.1) is 0 Å². The van der Waals surface area contributed by atoms with Gasteiger partial charge in [-0.3, -0.25) is 0 Å². The Hall–Kier alpha value is -1.02. The van der Waals surface area contributed by atoms with Crippen LogP contribution in [-0.2, 0) is 5.41 Å². The summed E-state index contributed by atoms with van der Waals surface area (Å²) >= 11 is 0. The highest BCUT2D eigenvalue weighted by atomic mass is 16.5. The number of benzene rings is 1. The van der Waals surface area contributed by atoms with Gasteiger partial charge in [0, 0.05) is 5.54 Å². The highest BCUT2D eigenvalue weighted by molar-refractivity contribution is 5.31. The van der Waals surface area contributed by atoms with Gasteiger partial charge in [0.15, 0.2) is 0 Å². The summed E-state index contributed by atoms with van der Waals surface area (Å²) in [5.74, 6) is 0.969. The van der Waals surface area contributed by atoms with E-state index in [1.165, 1.54) is 5.56 Å². The molecule has 0 radical (unpaired) electrons. The van der Waals surface area contributed by atoms with Crippen molar-refractivity contribution in [2.45, 2.75) is 65.3 Å². The highest BCUT2D eigenvalue weighted by Crippen LogP contribution is 2.27. The van der Waals surface area contributed by atoms with Crippen molar-refractivity contribution in [3.05, 3.63) is 29.8 Å². The van der Waals surface area contributed by atoms with Crippen LogP contribution in [-0.4, -0.2) is 18.7 Å². The Morgan fingerprint density at radius 1 is 1.00 bits per heavy atom. The van der Waals surface area contributed by atoms with Crippen LogP contribution < -0.4 is 10.1 Å². The molecule has 2 nitrogen and oxygen atoms in total. The van der Waals surface area contributed by atoms with Crippen molar-refractivity contribution >= 4 is 0 Å². The average Bonchev–Trinajstić information content (AvgIpc) is 2.37. The molecule has 0 aliphatic carbocycles. The van der Waals surface area contributed by atoms with Crippen LogP contribution in [0.25, 0.3) is 0 Å². The van der Waals surface area contributed by atoms with Crippen molar-refractivity contribution in [3.8, 4) is 5.75 Å². The van der Waals surface area contributed by atoms with Crippen LogP contribution in [0.3, 0.4) is 0 Å². The predicted octanol–water partition coefficient (Wildman–Crippen LogP) is 4.53. The quantitative estimate of drug-likeness (QED) is 0.739. The Balaban J connectivity index is 2.36. The molecule has 0 bridgehead atoms. The van der Waals surface area contributed by atoms with Crippen LogP contribution >= 0.6 is 0 Å². The Bertz CT molecular complexity index is 387. The maximum Gasteiger partial charge on any atom is 0.119 e. The zero-order valence-corrected chi connectivity index (χ0v) is 14.0. The lowest BCUT2D eigenvalue weighted by molar-refractivity contribution is 0.298. The van der Waals surface area contributed by atoms with E-state index in [1.807, 2.05) is 0 Å². The number of ether oxygens (including phenoxy) is 1. The molecule has 0 unspecified atom stereocenters. The summed E-state index contributed by atoms with van der Waals surface area (Å²) in [5, 5.41) is 3.46. The van der Waals surface area contributed by atoms with Crippen LogP contribution in [0.4, 0.5) is 0 Å². The minimum absolute atomic E-state index is 0.188. The third kappa shape index (κ3) is 5.96. The van der Waals surface area contributed by atoms with Gasteiger partial charge in [0.05, 0.1) is 6.61 Å². The molecule has 1 aromatic carbocycles. The molecule has 0 aliphatic rings. The van der Waals surface area contributed by atoms with Crippen LogP contribution in [0.1, 0.15) is 59.9 Å². The molecular weight excluding hydrogens is 246 g/mol. The second-order valence-electron chi connectivity index (χ2n) is 7.14. The lowest BCUT2D eigenvalue weighted by atomic mass is 9.82. The first-order valence-electron chi connectivity index (χ1n) is 7.73. The van der Waals surface area contributed by atoms with Crippen LogP contribution in [0, 0.1) is 0 Å². The fraction of sp³-hybridized carbons (Fsp3) is 0.667. The van der Waals surface area contributed by atoms with E-state index < -0.39 is 0 Å². The summed E-state index contributed by atoms with van der Waals surface area (Å²) in [4.78, 5) is 0. The van der Waals surface area contributed by atoms with Gasteiger partial charge in [-0.05, 0) is 63.3 Å². The van der Waals surface area contributed by atoms with E-state index in [0.717, 1.165) is 31.7 Å². The second kappa shape index (κ2) is 7.12. The molecule has 0 aliphatic heterocycles. The van der Waals surface area contributed by atoms with E-state index in [1.54, 1.807) is 0 Å². The van der Waals surface area contributed by atoms with Gasteiger partial charge in [-0.2, -0.15) is 0 Å². The number of rotatable bonds is 7. The van der Waals surface area contributed by atoms with Gasteiger partial charge in [0.1, 0.15) is 5.75 Å². The molecule has 0 aromatic heterocycles. The normalized spacial score (nSPS) is 12.5. The van der Waals surface area contributed by atoms with Crippen molar-refractivity contribution < 1.29 is 4.74 Å². The van der Waals surface area contributed by atoms with E-state index in [0.29, 0.717) is 0 Å². The average molecular weight is 277 g/mol.